The summed E-state index contributed by atoms with van der Waals surface area (Å²) in [4.78, 5) is 5.81. The Kier molecular flexibility index (Phi) is 5.54. The van der Waals surface area contributed by atoms with E-state index in [1.165, 1.54) is 4.88 Å². The maximum Gasteiger partial charge on any atom is 0.188 e. The second kappa shape index (κ2) is 6.83. The molecule has 118 valence electrons. The number of nitrogens with one attached hydrogen (secondary N) is 1. The van der Waals surface area contributed by atoms with Gasteiger partial charge in [0.15, 0.2) is 5.96 Å². The molecule has 0 bridgehead atoms. The Labute approximate surface area is 147 Å². The zero-order chi connectivity index (χ0) is 14.2. The van der Waals surface area contributed by atoms with Crippen molar-refractivity contribution in [3.63, 3.8) is 0 Å². The average Bonchev–Trinajstić information content (AvgIpc) is 3.06. The van der Waals surface area contributed by atoms with E-state index in [0.717, 1.165) is 26.0 Å². The van der Waals surface area contributed by atoms with Crippen LogP contribution in [-0.2, 0) is 11.2 Å². The van der Waals surface area contributed by atoms with Gasteiger partial charge in [-0.05, 0) is 17.9 Å². The first-order chi connectivity index (χ1) is 9.59. The van der Waals surface area contributed by atoms with Crippen LogP contribution in [0.15, 0.2) is 22.5 Å². The van der Waals surface area contributed by atoms with Crippen molar-refractivity contribution in [1.29, 1.82) is 0 Å². The number of guanidine groups is 1. The van der Waals surface area contributed by atoms with Gasteiger partial charge in [0, 0.05) is 41.8 Å². The van der Waals surface area contributed by atoms with Crippen LogP contribution in [0.1, 0.15) is 25.1 Å². The van der Waals surface area contributed by atoms with E-state index < -0.39 is 0 Å². The number of nitrogens with zero attached hydrogens (tertiary/aromatic N) is 1. The number of hydrogen-bond donors (Lipinski definition) is 2. The van der Waals surface area contributed by atoms with Crippen LogP contribution in [0, 0.1) is 11.3 Å². The lowest BCUT2D eigenvalue weighted by Crippen LogP contribution is -2.67. The van der Waals surface area contributed by atoms with Crippen molar-refractivity contribution in [3.05, 3.63) is 22.4 Å². The molecule has 2 aliphatic rings. The topological polar surface area (TPSA) is 59.6 Å². The van der Waals surface area contributed by atoms with Crippen LogP contribution in [0.2, 0.25) is 0 Å². The fourth-order valence-electron chi connectivity index (χ4n) is 3.56. The zero-order valence-corrected chi connectivity index (χ0v) is 15.7. The van der Waals surface area contributed by atoms with Crippen molar-refractivity contribution < 1.29 is 4.74 Å². The van der Waals surface area contributed by atoms with Crippen LogP contribution in [0.3, 0.4) is 0 Å². The van der Waals surface area contributed by atoms with Crippen molar-refractivity contribution in [2.75, 3.05) is 13.2 Å². The third kappa shape index (κ3) is 3.37. The molecule has 1 aromatic rings. The van der Waals surface area contributed by atoms with Crippen LogP contribution in [0.25, 0.3) is 0 Å². The summed E-state index contributed by atoms with van der Waals surface area (Å²) in [6, 6.07) is 4.60. The number of halogens is 1. The smallest absolute Gasteiger partial charge is 0.188 e. The Morgan fingerprint density at radius 3 is 3.10 bits per heavy atom. The van der Waals surface area contributed by atoms with Gasteiger partial charge in [-0.25, -0.2) is 0 Å². The van der Waals surface area contributed by atoms with Crippen LogP contribution in [0.5, 0.6) is 0 Å². The molecule has 4 nitrogen and oxygen atoms in total. The third-order valence-corrected chi connectivity index (χ3v) is 5.56. The summed E-state index contributed by atoms with van der Waals surface area (Å²) in [6.07, 6.45) is 2.48. The Morgan fingerprint density at radius 2 is 2.38 bits per heavy atom. The number of hydrogen-bond acceptors (Lipinski definition) is 3. The molecule has 3 atom stereocenters. The highest BCUT2D eigenvalue weighted by Gasteiger charge is 2.59. The minimum atomic E-state index is 0. The predicted octanol–water partition coefficient (Wildman–Crippen LogP) is 2.63. The van der Waals surface area contributed by atoms with Gasteiger partial charge in [0.25, 0.3) is 0 Å². The number of nitrogens with two attached hydrogens (primary N) is 1. The molecule has 3 rings (SSSR count). The Morgan fingerprint density at radius 1 is 1.57 bits per heavy atom. The van der Waals surface area contributed by atoms with E-state index in [-0.39, 0.29) is 29.4 Å². The molecule has 1 saturated heterocycles. The van der Waals surface area contributed by atoms with Crippen LogP contribution in [-0.4, -0.2) is 31.3 Å². The number of fused-ring (bicyclic) bond motifs is 1. The molecular weight excluding hydrogens is 397 g/mol. The second-order valence-corrected chi connectivity index (χ2v) is 7.32. The van der Waals surface area contributed by atoms with Gasteiger partial charge in [-0.3, -0.25) is 4.99 Å². The largest absolute Gasteiger partial charge is 0.377 e. The zero-order valence-electron chi connectivity index (χ0n) is 12.5. The minimum Gasteiger partial charge on any atom is -0.377 e. The van der Waals surface area contributed by atoms with Crippen molar-refractivity contribution in [1.82, 2.24) is 5.32 Å². The van der Waals surface area contributed by atoms with E-state index in [1.807, 2.05) is 0 Å². The first kappa shape index (κ1) is 17.0. The number of aliphatic imine (C=N–C) groups is 1. The normalized spacial score (nSPS) is 30.2. The molecule has 0 radical (unpaired) electrons. The number of thiophene rings is 1. The molecule has 3 unspecified atom stereocenters. The highest BCUT2D eigenvalue weighted by molar-refractivity contribution is 14.0. The monoisotopic (exact) mass is 421 g/mol. The summed E-state index contributed by atoms with van der Waals surface area (Å²) in [5.41, 5.74) is 6.18. The molecule has 2 fully saturated rings. The predicted molar refractivity (Wildman–Crippen MR) is 98.5 cm³/mol. The van der Waals surface area contributed by atoms with E-state index >= 15 is 0 Å². The molecule has 0 aromatic carbocycles. The van der Waals surface area contributed by atoms with Gasteiger partial charge >= 0.3 is 0 Å². The average molecular weight is 421 g/mol. The number of ether oxygens (including phenoxy) is 1. The summed E-state index contributed by atoms with van der Waals surface area (Å²) < 4.78 is 5.79. The standard InChI is InChI=1S/C15H23N3OS.HI/c1-15(2)12(11-6-8-19-13(11)15)18-14(16)17-7-5-10-4-3-9-20-10;/h3-4,9,11-13H,5-8H2,1-2H3,(H3,16,17,18);1H. The fraction of sp³-hybridized carbons (Fsp3) is 0.667. The van der Waals surface area contributed by atoms with E-state index in [4.69, 9.17) is 10.5 Å². The van der Waals surface area contributed by atoms with Crippen LogP contribution < -0.4 is 11.1 Å². The molecule has 1 aliphatic carbocycles. The second-order valence-electron chi connectivity index (χ2n) is 6.28. The summed E-state index contributed by atoms with van der Waals surface area (Å²) in [5, 5.41) is 5.50. The van der Waals surface area contributed by atoms with E-state index in [9.17, 15) is 0 Å². The maximum absolute atomic E-state index is 6.03. The lowest BCUT2D eigenvalue weighted by atomic mass is 9.57. The summed E-state index contributed by atoms with van der Waals surface area (Å²) >= 11 is 1.77. The van der Waals surface area contributed by atoms with Gasteiger partial charge in [-0.15, -0.1) is 35.3 Å². The molecule has 0 spiro atoms. The third-order valence-electron chi connectivity index (χ3n) is 4.62. The lowest BCUT2D eigenvalue weighted by Gasteiger charge is -2.54. The molecule has 0 amide bonds. The van der Waals surface area contributed by atoms with E-state index in [0.29, 0.717) is 24.0 Å². The summed E-state index contributed by atoms with van der Waals surface area (Å²) in [6.45, 7) is 6.12. The highest BCUT2D eigenvalue weighted by atomic mass is 127. The molecule has 3 N–H and O–H groups in total. The van der Waals surface area contributed by atoms with Crippen LogP contribution in [0.4, 0.5) is 0 Å². The minimum absolute atomic E-state index is 0. The van der Waals surface area contributed by atoms with Gasteiger partial charge in [-0.2, -0.15) is 0 Å². The SMILES string of the molecule is CC1(C)C(NC(N)=NCCc2cccs2)C2CCOC21.I. The molecule has 1 saturated carbocycles. The Balaban J connectivity index is 0.00000161. The highest BCUT2D eigenvalue weighted by Crippen LogP contribution is 2.51. The molecule has 21 heavy (non-hydrogen) atoms. The van der Waals surface area contributed by atoms with Gasteiger partial charge in [-0.1, -0.05) is 19.9 Å². The first-order valence-corrected chi connectivity index (χ1v) is 8.17. The van der Waals surface area contributed by atoms with Crippen molar-refractivity contribution in [3.8, 4) is 0 Å². The first-order valence-electron chi connectivity index (χ1n) is 7.29. The van der Waals surface area contributed by atoms with Crippen molar-refractivity contribution in [2.24, 2.45) is 22.1 Å². The quantitative estimate of drug-likeness (QED) is 0.447. The Bertz CT molecular complexity index is 489. The van der Waals surface area contributed by atoms with Gasteiger partial charge in [0.2, 0.25) is 0 Å². The summed E-state index contributed by atoms with van der Waals surface area (Å²) in [5.74, 6) is 1.17. The van der Waals surface area contributed by atoms with E-state index in [1.54, 1.807) is 11.3 Å². The van der Waals surface area contributed by atoms with Gasteiger partial charge in [0.05, 0.1) is 6.10 Å². The molecule has 2 heterocycles. The maximum atomic E-state index is 6.03. The molecular formula is C15H24IN3OS. The Hall–Kier alpha value is -0.340. The van der Waals surface area contributed by atoms with Crippen molar-refractivity contribution in [2.45, 2.75) is 38.8 Å². The fourth-order valence-corrected chi connectivity index (χ4v) is 4.26. The molecule has 1 aromatic heterocycles. The van der Waals surface area contributed by atoms with Crippen molar-refractivity contribution >= 4 is 41.3 Å². The van der Waals surface area contributed by atoms with Gasteiger partial charge < -0.3 is 15.8 Å². The molecule has 6 heteroatoms. The lowest BCUT2D eigenvalue weighted by molar-refractivity contribution is -0.106. The van der Waals surface area contributed by atoms with Crippen LogP contribution >= 0.6 is 35.3 Å². The van der Waals surface area contributed by atoms with E-state index in [2.05, 4.69) is 41.7 Å². The molecule has 1 aliphatic heterocycles. The number of rotatable bonds is 4. The summed E-state index contributed by atoms with van der Waals surface area (Å²) in [7, 11) is 0. The van der Waals surface area contributed by atoms with Gasteiger partial charge in [0.1, 0.15) is 0 Å².